The van der Waals surface area contributed by atoms with E-state index < -0.39 is 5.97 Å². The maximum Gasteiger partial charge on any atom is 0.335 e. The van der Waals surface area contributed by atoms with Crippen molar-refractivity contribution in [3.8, 4) is 23.6 Å². The average Bonchev–Trinajstić information content (AvgIpc) is 2.82. The Hall–Kier alpha value is -4.55. The number of benzene rings is 3. The van der Waals surface area contributed by atoms with Gasteiger partial charge in [-0.25, -0.2) is 4.79 Å². The first-order chi connectivity index (χ1) is 15.5. The van der Waals surface area contributed by atoms with E-state index in [-0.39, 0.29) is 12.2 Å². The second-order valence-corrected chi connectivity index (χ2v) is 6.75. The predicted octanol–water partition coefficient (Wildman–Crippen LogP) is 5.30. The smallest absolute Gasteiger partial charge is 0.335 e. The minimum atomic E-state index is -1.02. The van der Waals surface area contributed by atoms with Gasteiger partial charge in [0.1, 0.15) is 6.61 Å². The maximum absolute atomic E-state index is 11.0. The fourth-order valence-electron chi connectivity index (χ4n) is 3.05. The van der Waals surface area contributed by atoms with Crippen molar-refractivity contribution in [1.29, 1.82) is 10.5 Å². The Labute approximate surface area is 186 Å². The summed E-state index contributed by atoms with van der Waals surface area (Å²) in [7, 11) is 0. The molecule has 6 nitrogen and oxygen atoms in total. The summed E-state index contributed by atoms with van der Waals surface area (Å²) in [4.78, 5) is 11.0. The average molecular weight is 424 g/mol. The van der Waals surface area contributed by atoms with Crippen molar-refractivity contribution in [3.05, 3.63) is 94.5 Å². The van der Waals surface area contributed by atoms with Crippen molar-refractivity contribution in [2.45, 2.75) is 13.5 Å². The normalized spacial score (nSPS) is 10.7. The zero-order chi connectivity index (χ0) is 22.9. The van der Waals surface area contributed by atoms with E-state index in [1.54, 1.807) is 48.5 Å². The number of aromatic carboxylic acids is 1. The molecule has 0 aliphatic carbocycles. The van der Waals surface area contributed by atoms with Crippen LogP contribution in [0.5, 0.6) is 11.5 Å². The molecule has 0 amide bonds. The molecule has 3 aromatic rings. The summed E-state index contributed by atoms with van der Waals surface area (Å²) >= 11 is 0. The van der Waals surface area contributed by atoms with Crippen LogP contribution in [0.15, 0.2) is 66.7 Å². The Morgan fingerprint density at radius 3 is 2.34 bits per heavy atom. The summed E-state index contributed by atoms with van der Waals surface area (Å²) in [6.07, 6.45) is 1.70. The monoisotopic (exact) mass is 424 g/mol. The van der Waals surface area contributed by atoms with Gasteiger partial charge in [-0.2, -0.15) is 10.5 Å². The summed E-state index contributed by atoms with van der Waals surface area (Å²) in [6, 6.07) is 23.0. The van der Waals surface area contributed by atoms with E-state index in [1.807, 2.05) is 19.1 Å². The Kier molecular flexibility index (Phi) is 7.24. The second kappa shape index (κ2) is 10.5. The number of nitrogens with zero attached hydrogens (tertiary/aromatic N) is 2. The van der Waals surface area contributed by atoms with Gasteiger partial charge in [0.05, 0.1) is 35.4 Å². The van der Waals surface area contributed by atoms with Crippen molar-refractivity contribution in [1.82, 2.24) is 0 Å². The van der Waals surface area contributed by atoms with Crippen molar-refractivity contribution in [3.63, 3.8) is 0 Å². The van der Waals surface area contributed by atoms with Crippen LogP contribution in [0.3, 0.4) is 0 Å². The molecule has 0 atom stereocenters. The molecule has 0 spiro atoms. The molecule has 3 rings (SSSR count). The van der Waals surface area contributed by atoms with Crippen LogP contribution >= 0.6 is 0 Å². The van der Waals surface area contributed by atoms with E-state index in [1.165, 1.54) is 12.1 Å². The van der Waals surface area contributed by atoms with E-state index in [4.69, 9.17) is 14.6 Å². The molecule has 0 radical (unpaired) electrons. The van der Waals surface area contributed by atoms with Gasteiger partial charge in [0, 0.05) is 5.56 Å². The number of hydrogen-bond acceptors (Lipinski definition) is 5. The molecule has 0 aromatic heterocycles. The highest BCUT2D eigenvalue weighted by molar-refractivity contribution is 5.92. The maximum atomic E-state index is 11.0. The zero-order valence-electron chi connectivity index (χ0n) is 17.4. The summed E-state index contributed by atoms with van der Waals surface area (Å²) in [6.45, 7) is 2.51. The van der Waals surface area contributed by atoms with Crippen molar-refractivity contribution in [2.75, 3.05) is 6.61 Å². The third-order valence-corrected chi connectivity index (χ3v) is 4.66. The van der Waals surface area contributed by atoms with Crippen molar-refractivity contribution in [2.24, 2.45) is 0 Å². The number of carboxylic acids is 1. The topological polar surface area (TPSA) is 103 Å². The molecule has 0 unspecified atom stereocenters. The van der Waals surface area contributed by atoms with Crippen LogP contribution in [0.1, 0.15) is 39.5 Å². The van der Waals surface area contributed by atoms with Gasteiger partial charge in [-0.1, -0.05) is 36.4 Å². The third-order valence-electron chi connectivity index (χ3n) is 4.66. The second-order valence-electron chi connectivity index (χ2n) is 6.75. The first kappa shape index (κ1) is 22.1. The zero-order valence-corrected chi connectivity index (χ0v) is 17.4. The van der Waals surface area contributed by atoms with Crippen LogP contribution in [0.25, 0.3) is 11.6 Å². The van der Waals surface area contributed by atoms with Gasteiger partial charge in [-0.15, -0.1) is 0 Å². The standard InChI is InChI=1S/C26H20N2O4/c1-2-31-25-14-18(13-23(16-28)19-8-10-20(11-9-19)26(29)30)7-12-24(25)32-17-22-6-4-3-5-21(22)15-27/h3-14H,2,17H2,1H3,(H,29,30)/b23-13-. The summed E-state index contributed by atoms with van der Waals surface area (Å²) in [5, 5.41) is 27.9. The molecule has 1 N–H and O–H groups in total. The lowest BCUT2D eigenvalue weighted by molar-refractivity contribution is 0.0697. The third kappa shape index (κ3) is 5.33. The summed E-state index contributed by atoms with van der Waals surface area (Å²) in [5.41, 5.74) is 3.22. The number of ether oxygens (including phenoxy) is 2. The number of hydrogen-bond donors (Lipinski definition) is 1. The molecule has 3 aromatic carbocycles. The van der Waals surface area contributed by atoms with E-state index in [9.17, 15) is 15.3 Å². The summed E-state index contributed by atoms with van der Waals surface area (Å²) in [5.74, 6) is 0.0311. The van der Waals surface area contributed by atoms with Crippen LogP contribution in [0, 0.1) is 22.7 Å². The molecule has 0 saturated carbocycles. The molecule has 0 aliphatic rings. The molecule has 158 valence electrons. The van der Waals surface area contributed by atoms with Crippen LogP contribution in [0.2, 0.25) is 0 Å². The molecule has 0 aliphatic heterocycles. The molecule has 32 heavy (non-hydrogen) atoms. The molecule has 0 saturated heterocycles. The molecule has 6 heteroatoms. The Balaban J connectivity index is 1.86. The first-order valence-electron chi connectivity index (χ1n) is 9.89. The van der Waals surface area contributed by atoms with E-state index >= 15 is 0 Å². The van der Waals surface area contributed by atoms with Crippen LogP contribution < -0.4 is 9.47 Å². The van der Waals surface area contributed by atoms with Crippen molar-refractivity contribution >= 4 is 17.6 Å². The first-order valence-corrected chi connectivity index (χ1v) is 9.89. The number of carbonyl (C=O) groups is 1. The molecular formula is C26H20N2O4. The minimum Gasteiger partial charge on any atom is -0.490 e. The summed E-state index contributed by atoms with van der Waals surface area (Å²) < 4.78 is 11.6. The van der Waals surface area contributed by atoms with Gasteiger partial charge < -0.3 is 14.6 Å². The predicted molar refractivity (Wildman–Crippen MR) is 120 cm³/mol. The highest BCUT2D eigenvalue weighted by Crippen LogP contribution is 2.31. The van der Waals surface area contributed by atoms with E-state index in [0.717, 1.165) is 11.1 Å². The number of rotatable bonds is 8. The number of nitriles is 2. The lowest BCUT2D eigenvalue weighted by Gasteiger charge is -2.13. The Morgan fingerprint density at radius 2 is 1.69 bits per heavy atom. The largest absolute Gasteiger partial charge is 0.490 e. The fraction of sp³-hybridized carbons (Fsp3) is 0.115. The quantitative estimate of drug-likeness (QED) is 0.389. The lowest BCUT2D eigenvalue weighted by atomic mass is 10.0. The van der Waals surface area contributed by atoms with Crippen LogP contribution in [-0.2, 0) is 6.61 Å². The van der Waals surface area contributed by atoms with Gasteiger partial charge in [-0.3, -0.25) is 0 Å². The molecule has 0 fully saturated rings. The van der Waals surface area contributed by atoms with E-state index in [2.05, 4.69) is 12.1 Å². The van der Waals surface area contributed by atoms with Gasteiger partial charge in [-0.05, 0) is 54.5 Å². The SMILES string of the molecule is CCOc1cc(/C=C(/C#N)c2ccc(C(=O)O)cc2)ccc1OCc1ccccc1C#N. The molecular weight excluding hydrogens is 404 g/mol. The minimum absolute atomic E-state index is 0.157. The van der Waals surface area contributed by atoms with Gasteiger partial charge in [0.2, 0.25) is 0 Å². The molecule has 0 heterocycles. The van der Waals surface area contributed by atoms with Gasteiger partial charge >= 0.3 is 5.97 Å². The molecule has 0 bridgehead atoms. The highest BCUT2D eigenvalue weighted by atomic mass is 16.5. The van der Waals surface area contributed by atoms with Crippen LogP contribution in [-0.4, -0.2) is 17.7 Å². The Morgan fingerprint density at radius 1 is 0.969 bits per heavy atom. The van der Waals surface area contributed by atoms with Gasteiger partial charge in [0.15, 0.2) is 11.5 Å². The number of carboxylic acid groups (broad SMARTS) is 1. The highest BCUT2D eigenvalue weighted by Gasteiger charge is 2.10. The van der Waals surface area contributed by atoms with E-state index in [0.29, 0.717) is 34.8 Å². The van der Waals surface area contributed by atoms with Crippen LogP contribution in [0.4, 0.5) is 0 Å². The van der Waals surface area contributed by atoms with Crippen molar-refractivity contribution < 1.29 is 19.4 Å². The Bertz CT molecular complexity index is 1230. The fourth-order valence-corrected chi connectivity index (χ4v) is 3.05. The number of allylic oxidation sites excluding steroid dienone is 1. The lowest BCUT2D eigenvalue weighted by Crippen LogP contribution is -2.01. The van der Waals surface area contributed by atoms with Gasteiger partial charge in [0.25, 0.3) is 0 Å².